The standard InChI is InChI=1S/C27H24N2O6/c1-2-7-23(25(31)28-16-12-13-24(30)21(14-16)26(32)33)29-27(34)35-15-22-19-10-5-3-8-17(19)18-9-4-6-11-20(18)22/h2-6,8-14,22-23,30H,1,7,15H2,(H,28,31)(H,29,34)(H,32,33). The third-order valence-electron chi connectivity index (χ3n) is 5.85. The Labute approximate surface area is 201 Å². The van der Waals surface area contributed by atoms with Gasteiger partial charge in [0.25, 0.3) is 0 Å². The van der Waals surface area contributed by atoms with E-state index in [0.717, 1.165) is 28.3 Å². The topological polar surface area (TPSA) is 125 Å². The van der Waals surface area contributed by atoms with Crippen molar-refractivity contribution in [2.45, 2.75) is 18.4 Å². The highest BCUT2D eigenvalue weighted by Crippen LogP contribution is 2.44. The Morgan fingerprint density at radius 1 is 1.00 bits per heavy atom. The molecule has 0 radical (unpaired) electrons. The number of anilines is 1. The molecule has 1 aliphatic carbocycles. The van der Waals surface area contributed by atoms with E-state index in [1.807, 2.05) is 48.5 Å². The van der Waals surface area contributed by atoms with Gasteiger partial charge in [-0.2, -0.15) is 0 Å². The van der Waals surface area contributed by atoms with E-state index >= 15 is 0 Å². The van der Waals surface area contributed by atoms with Gasteiger partial charge in [0.2, 0.25) is 5.91 Å². The molecule has 0 bridgehead atoms. The molecule has 8 heteroatoms. The lowest BCUT2D eigenvalue weighted by molar-refractivity contribution is -0.118. The van der Waals surface area contributed by atoms with Crippen molar-refractivity contribution in [3.63, 3.8) is 0 Å². The molecule has 3 aromatic rings. The summed E-state index contributed by atoms with van der Waals surface area (Å²) < 4.78 is 5.51. The van der Waals surface area contributed by atoms with Crippen LogP contribution in [0.2, 0.25) is 0 Å². The molecule has 0 aliphatic heterocycles. The summed E-state index contributed by atoms with van der Waals surface area (Å²) in [5.74, 6) is -2.46. The molecule has 0 saturated carbocycles. The van der Waals surface area contributed by atoms with E-state index in [1.165, 1.54) is 18.2 Å². The third-order valence-corrected chi connectivity index (χ3v) is 5.85. The molecule has 1 atom stereocenters. The molecule has 2 amide bonds. The number of amides is 2. The first-order valence-electron chi connectivity index (χ1n) is 11.0. The average molecular weight is 472 g/mol. The summed E-state index contributed by atoms with van der Waals surface area (Å²) in [6, 6.07) is 18.6. The maximum absolute atomic E-state index is 12.8. The van der Waals surface area contributed by atoms with Crippen LogP contribution in [0.4, 0.5) is 10.5 Å². The van der Waals surface area contributed by atoms with Crippen LogP contribution in [0.5, 0.6) is 5.75 Å². The summed E-state index contributed by atoms with van der Waals surface area (Å²) >= 11 is 0. The van der Waals surface area contributed by atoms with Gasteiger partial charge in [-0.05, 0) is 46.9 Å². The molecule has 3 aromatic carbocycles. The Morgan fingerprint density at radius 2 is 1.63 bits per heavy atom. The summed E-state index contributed by atoms with van der Waals surface area (Å²) in [5.41, 5.74) is 4.17. The molecule has 178 valence electrons. The predicted molar refractivity (Wildman–Crippen MR) is 131 cm³/mol. The van der Waals surface area contributed by atoms with Gasteiger partial charge in [-0.3, -0.25) is 4.79 Å². The molecule has 0 heterocycles. The Kier molecular flexibility index (Phi) is 6.82. The van der Waals surface area contributed by atoms with Gasteiger partial charge in [0.1, 0.15) is 24.0 Å². The second-order valence-electron chi connectivity index (χ2n) is 8.07. The molecule has 0 aromatic heterocycles. The highest BCUT2D eigenvalue weighted by atomic mass is 16.5. The average Bonchev–Trinajstić information content (AvgIpc) is 3.17. The molecule has 0 saturated heterocycles. The van der Waals surface area contributed by atoms with Crippen LogP contribution in [0.1, 0.15) is 33.8 Å². The van der Waals surface area contributed by atoms with E-state index in [-0.39, 0.29) is 30.2 Å². The minimum absolute atomic E-state index is 0.0994. The van der Waals surface area contributed by atoms with Gasteiger partial charge in [-0.1, -0.05) is 54.6 Å². The lowest BCUT2D eigenvalue weighted by Gasteiger charge is -2.19. The van der Waals surface area contributed by atoms with Crippen LogP contribution in [0.25, 0.3) is 11.1 Å². The number of phenols is 1. The number of hydrogen-bond donors (Lipinski definition) is 4. The number of benzene rings is 3. The van der Waals surface area contributed by atoms with Crippen molar-refractivity contribution in [2.75, 3.05) is 11.9 Å². The SMILES string of the molecule is C=CCC(NC(=O)OCC1c2ccccc2-c2ccccc21)C(=O)Nc1ccc(O)c(C(=O)O)c1. The number of carbonyl (C=O) groups is 3. The van der Waals surface area contributed by atoms with Crippen molar-refractivity contribution >= 4 is 23.7 Å². The number of nitrogens with one attached hydrogen (secondary N) is 2. The highest BCUT2D eigenvalue weighted by molar-refractivity contribution is 5.98. The highest BCUT2D eigenvalue weighted by Gasteiger charge is 2.29. The number of carboxylic acids is 1. The molecule has 0 fully saturated rings. The molecule has 8 nitrogen and oxygen atoms in total. The molecule has 0 spiro atoms. The van der Waals surface area contributed by atoms with Gasteiger partial charge in [0.15, 0.2) is 0 Å². The van der Waals surface area contributed by atoms with Gasteiger partial charge < -0.3 is 25.6 Å². The number of aromatic carboxylic acids is 1. The van der Waals surface area contributed by atoms with E-state index in [4.69, 9.17) is 9.84 Å². The monoisotopic (exact) mass is 472 g/mol. The van der Waals surface area contributed by atoms with Crippen molar-refractivity contribution in [1.29, 1.82) is 0 Å². The van der Waals surface area contributed by atoms with Gasteiger partial charge in [-0.25, -0.2) is 9.59 Å². The lowest BCUT2D eigenvalue weighted by atomic mass is 9.98. The zero-order valence-corrected chi connectivity index (χ0v) is 18.7. The van der Waals surface area contributed by atoms with Crippen molar-refractivity contribution in [3.05, 3.63) is 96.1 Å². The second-order valence-corrected chi connectivity index (χ2v) is 8.07. The second kappa shape index (κ2) is 10.1. The van der Waals surface area contributed by atoms with Crippen molar-refractivity contribution in [2.24, 2.45) is 0 Å². The maximum Gasteiger partial charge on any atom is 0.407 e. The van der Waals surface area contributed by atoms with Gasteiger partial charge in [0.05, 0.1) is 0 Å². The quantitative estimate of drug-likeness (QED) is 0.282. The zero-order chi connectivity index (χ0) is 24.9. The third kappa shape index (κ3) is 5.01. The minimum Gasteiger partial charge on any atom is -0.507 e. The van der Waals surface area contributed by atoms with Crippen LogP contribution in [0.15, 0.2) is 79.4 Å². The van der Waals surface area contributed by atoms with Crippen molar-refractivity contribution in [1.82, 2.24) is 5.32 Å². The summed E-state index contributed by atoms with van der Waals surface area (Å²) in [7, 11) is 0. The number of alkyl carbamates (subject to hydrolysis) is 1. The van der Waals surface area contributed by atoms with E-state index < -0.39 is 29.8 Å². The molecule has 4 N–H and O–H groups in total. The normalized spacial score (nSPS) is 12.7. The van der Waals surface area contributed by atoms with Gasteiger partial charge in [-0.15, -0.1) is 6.58 Å². The van der Waals surface area contributed by atoms with Gasteiger partial charge in [0, 0.05) is 11.6 Å². The van der Waals surface area contributed by atoms with Crippen LogP contribution >= 0.6 is 0 Å². The minimum atomic E-state index is -1.34. The molecule has 1 unspecified atom stereocenters. The number of fused-ring (bicyclic) bond motifs is 3. The molecular weight excluding hydrogens is 448 g/mol. The largest absolute Gasteiger partial charge is 0.507 e. The molecule has 1 aliphatic rings. The Morgan fingerprint density at radius 3 is 2.23 bits per heavy atom. The van der Waals surface area contributed by atoms with Gasteiger partial charge >= 0.3 is 12.1 Å². The maximum atomic E-state index is 12.8. The Bertz CT molecular complexity index is 1260. The van der Waals surface area contributed by atoms with E-state index in [9.17, 15) is 19.5 Å². The molecule has 35 heavy (non-hydrogen) atoms. The van der Waals surface area contributed by atoms with Crippen molar-refractivity contribution in [3.8, 4) is 16.9 Å². The fraction of sp³-hybridized carbons (Fsp3) is 0.148. The Hall–Kier alpha value is -4.59. The van der Waals surface area contributed by atoms with Crippen LogP contribution in [0, 0.1) is 0 Å². The van der Waals surface area contributed by atoms with Crippen molar-refractivity contribution < 1.29 is 29.3 Å². The molecule has 4 rings (SSSR count). The number of hydrogen-bond acceptors (Lipinski definition) is 5. The number of aromatic hydroxyl groups is 1. The fourth-order valence-electron chi connectivity index (χ4n) is 4.19. The lowest BCUT2D eigenvalue weighted by Crippen LogP contribution is -2.44. The smallest absolute Gasteiger partial charge is 0.407 e. The number of rotatable bonds is 8. The van der Waals surface area contributed by atoms with E-state index in [1.54, 1.807) is 0 Å². The Balaban J connectivity index is 1.42. The van der Waals surface area contributed by atoms with E-state index in [2.05, 4.69) is 17.2 Å². The van der Waals surface area contributed by atoms with Crippen LogP contribution in [-0.2, 0) is 9.53 Å². The first kappa shape index (κ1) is 23.6. The molecular formula is C27H24N2O6. The number of carboxylic acid groups (broad SMARTS) is 1. The van der Waals surface area contributed by atoms with E-state index in [0.29, 0.717) is 0 Å². The summed E-state index contributed by atoms with van der Waals surface area (Å²) in [5, 5.41) is 23.9. The number of ether oxygens (including phenoxy) is 1. The van der Waals surface area contributed by atoms with Crippen LogP contribution < -0.4 is 10.6 Å². The summed E-state index contributed by atoms with van der Waals surface area (Å²) in [6.45, 7) is 3.72. The van der Waals surface area contributed by atoms with Crippen LogP contribution in [-0.4, -0.2) is 40.8 Å². The van der Waals surface area contributed by atoms with Crippen LogP contribution in [0.3, 0.4) is 0 Å². The first-order valence-corrected chi connectivity index (χ1v) is 11.0. The number of carbonyl (C=O) groups excluding carboxylic acids is 2. The zero-order valence-electron chi connectivity index (χ0n) is 18.7. The summed E-state index contributed by atoms with van der Waals surface area (Å²) in [4.78, 5) is 36.6. The predicted octanol–water partition coefficient (Wildman–Crippen LogP) is 4.51. The first-order chi connectivity index (χ1) is 16.9. The summed E-state index contributed by atoms with van der Waals surface area (Å²) in [6.07, 6.45) is 0.846. The fourth-order valence-corrected chi connectivity index (χ4v) is 4.19.